The number of nitrogens with zero attached hydrogens (tertiary/aromatic N) is 3. The number of amides is 4. The molecule has 1 saturated heterocycles. The first kappa shape index (κ1) is 37.2. The summed E-state index contributed by atoms with van der Waals surface area (Å²) < 4.78 is 39.8. The van der Waals surface area contributed by atoms with Crippen LogP contribution in [0.4, 0.5) is 10.6 Å². The van der Waals surface area contributed by atoms with Gasteiger partial charge in [0.25, 0.3) is 5.91 Å². The summed E-state index contributed by atoms with van der Waals surface area (Å²) in [6.45, 7) is 3.78. The summed E-state index contributed by atoms with van der Waals surface area (Å²) in [6, 6.07) is 5.01. The second-order valence-electron chi connectivity index (χ2n) is 14.9. The van der Waals surface area contributed by atoms with Crippen LogP contribution in [0.1, 0.15) is 58.8 Å². The summed E-state index contributed by atoms with van der Waals surface area (Å²) in [7, 11) is 1.35. The van der Waals surface area contributed by atoms with Gasteiger partial charge in [0.2, 0.25) is 27.7 Å². The molecule has 3 fully saturated rings. The first-order valence-electron chi connectivity index (χ1n) is 17.8. The third kappa shape index (κ3) is 7.76. The first-order chi connectivity index (χ1) is 24.6. The topological polar surface area (TPSA) is 197 Å². The lowest BCUT2D eigenvalue weighted by atomic mass is 9.88. The summed E-state index contributed by atoms with van der Waals surface area (Å²) in [4.78, 5) is 62.3. The molecule has 3 heterocycles. The molecule has 4 N–H and O–H groups in total. The van der Waals surface area contributed by atoms with Crippen molar-refractivity contribution in [2.45, 2.75) is 87.8 Å². The van der Waals surface area contributed by atoms with E-state index in [2.05, 4.69) is 15.4 Å². The molecule has 52 heavy (non-hydrogen) atoms. The van der Waals surface area contributed by atoms with E-state index >= 15 is 0 Å². The fourth-order valence-electron chi connectivity index (χ4n) is 7.43. The van der Waals surface area contributed by atoms with Crippen molar-refractivity contribution in [1.29, 1.82) is 0 Å². The fraction of sp³-hybridized carbons (Fsp3) is 0.583. The van der Waals surface area contributed by atoms with E-state index in [9.17, 15) is 32.7 Å². The molecule has 4 aliphatic rings. The number of rotatable bonds is 8. The number of sulfonamides is 1. The van der Waals surface area contributed by atoms with Crippen LogP contribution < -0.4 is 29.7 Å². The molecule has 1 aromatic heterocycles. The van der Waals surface area contributed by atoms with Gasteiger partial charge >= 0.3 is 6.09 Å². The minimum Gasteiger partial charge on any atom is -0.497 e. The Labute approximate surface area is 303 Å². The number of aromatic nitrogens is 1. The SMILES string of the molecule is COc1ccc2c(O[C@@H]3C[C@H]4C(=O)N[C@]5(C(=O)NS(=O)(=O)C6CC6)C[C@H]5C=CCC[C@@H](C)C[C@@H](C)[C@H](NC(=O)O)C(=O)N4C3)nc(N(C)C)cc2c1. The van der Waals surface area contributed by atoms with Crippen LogP contribution in [0.25, 0.3) is 10.8 Å². The number of hydrogen-bond acceptors (Lipinski definition) is 10. The Kier molecular flexibility index (Phi) is 10.3. The van der Waals surface area contributed by atoms with Gasteiger partial charge in [0.1, 0.15) is 35.3 Å². The third-order valence-electron chi connectivity index (χ3n) is 10.6. The van der Waals surface area contributed by atoms with Crippen molar-refractivity contribution < 1.29 is 42.2 Å². The zero-order chi connectivity index (χ0) is 37.5. The Hall–Kier alpha value is -4.60. The van der Waals surface area contributed by atoms with E-state index in [0.717, 1.165) is 11.8 Å². The molecule has 0 bridgehead atoms. The van der Waals surface area contributed by atoms with Gasteiger partial charge in [-0.25, -0.2) is 13.2 Å². The number of anilines is 1. The van der Waals surface area contributed by atoms with Crippen LogP contribution in [0.3, 0.4) is 0 Å². The van der Waals surface area contributed by atoms with Crippen LogP contribution in [0, 0.1) is 17.8 Å². The lowest BCUT2D eigenvalue weighted by Gasteiger charge is -2.32. The molecule has 4 amide bonds. The number of nitrogens with one attached hydrogen (secondary N) is 3. The summed E-state index contributed by atoms with van der Waals surface area (Å²) in [5.41, 5.74) is -1.53. The smallest absolute Gasteiger partial charge is 0.405 e. The molecule has 2 aromatic rings. The van der Waals surface area contributed by atoms with E-state index < -0.39 is 74.7 Å². The number of carbonyl (C=O) groups excluding carboxylic acids is 3. The quantitative estimate of drug-likeness (QED) is 0.291. The number of carbonyl (C=O) groups is 4. The zero-order valence-electron chi connectivity index (χ0n) is 30.1. The second kappa shape index (κ2) is 14.4. The van der Waals surface area contributed by atoms with Gasteiger partial charge in [0.05, 0.1) is 18.9 Å². The van der Waals surface area contributed by atoms with Crippen molar-refractivity contribution in [3.05, 3.63) is 36.4 Å². The number of pyridine rings is 1. The molecule has 0 spiro atoms. The van der Waals surface area contributed by atoms with E-state index in [-0.39, 0.29) is 31.2 Å². The van der Waals surface area contributed by atoms with Gasteiger partial charge in [-0.1, -0.05) is 26.0 Å². The van der Waals surface area contributed by atoms with E-state index in [0.29, 0.717) is 42.6 Å². The molecule has 7 atom stereocenters. The lowest BCUT2D eigenvalue weighted by molar-refractivity contribution is -0.142. The van der Waals surface area contributed by atoms with Crippen LogP contribution in [0.5, 0.6) is 11.6 Å². The molecular weight excluding hydrogens is 692 g/mol. The van der Waals surface area contributed by atoms with Crippen molar-refractivity contribution in [2.75, 3.05) is 32.6 Å². The number of ether oxygens (including phenoxy) is 2. The molecule has 15 nitrogen and oxygen atoms in total. The molecular formula is C36H48N6O9S. The number of methoxy groups -OCH3 is 1. The maximum Gasteiger partial charge on any atom is 0.405 e. The second-order valence-corrected chi connectivity index (χ2v) is 16.9. The number of fused-ring (bicyclic) bond motifs is 3. The number of carboxylic acid groups (broad SMARTS) is 1. The summed E-state index contributed by atoms with van der Waals surface area (Å²) >= 11 is 0. The summed E-state index contributed by atoms with van der Waals surface area (Å²) in [5, 5.41) is 15.9. The van der Waals surface area contributed by atoms with Crippen LogP contribution >= 0.6 is 0 Å². The molecule has 6 rings (SSSR count). The summed E-state index contributed by atoms with van der Waals surface area (Å²) in [5.74, 6) is -1.28. The van der Waals surface area contributed by atoms with Gasteiger partial charge in [0.15, 0.2) is 0 Å². The first-order valence-corrected chi connectivity index (χ1v) is 19.3. The molecule has 2 aliphatic heterocycles. The highest BCUT2D eigenvalue weighted by Crippen LogP contribution is 2.46. The number of hydrogen-bond donors (Lipinski definition) is 4. The van der Waals surface area contributed by atoms with Crippen LogP contribution in [-0.4, -0.2) is 104 Å². The van der Waals surface area contributed by atoms with Crippen molar-refractivity contribution in [3.8, 4) is 11.6 Å². The largest absolute Gasteiger partial charge is 0.497 e. The summed E-state index contributed by atoms with van der Waals surface area (Å²) in [6.07, 6.45) is 4.72. The highest BCUT2D eigenvalue weighted by Gasteiger charge is 2.62. The molecule has 2 saturated carbocycles. The van der Waals surface area contributed by atoms with Gasteiger partial charge in [-0.2, -0.15) is 4.98 Å². The van der Waals surface area contributed by atoms with E-state index in [1.165, 1.54) is 4.90 Å². The standard InChI is InChI=1S/C36H48N6O9S/c1-20-8-6-7-9-23-18-36(23,34(45)40-52(48,49)26-11-12-26)39-31(43)28-17-25(19-42(28)33(44)30(21(2)14-20)38-35(46)47)51-32-27-13-10-24(50-5)15-22(27)16-29(37-32)41(3)4/h7,9-10,13,15-16,20-21,23,25-26,28,30,38H,6,8,11-12,14,17-19H2,1-5H3,(H,39,43)(H,40,45)(H,46,47)/t20-,21-,23-,25-,28+,30+,36-/m1/s1. The van der Waals surface area contributed by atoms with Crippen molar-refractivity contribution in [1.82, 2.24) is 25.2 Å². The van der Waals surface area contributed by atoms with Crippen LogP contribution in [0.15, 0.2) is 36.4 Å². The third-order valence-corrected chi connectivity index (χ3v) is 12.4. The van der Waals surface area contributed by atoms with Gasteiger partial charge in [0, 0.05) is 31.8 Å². The molecule has 0 unspecified atom stereocenters. The molecule has 0 radical (unpaired) electrons. The predicted octanol–water partition coefficient (Wildman–Crippen LogP) is 2.79. The molecule has 16 heteroatoms. The average Bonchev–Trinajstić information content (AvgIpc) is 4.01. The highest BCUT2D eigenvalue weighted by atomic mass is 32.2. The van der Waals surface area contributed by atoms with Crippen molar-refractivity contribution in [3.63, 3.8) is 0 Å². The van der Waals surface area contributed by atoms with E-state index in [1.54, 1.807) is 13.2 Å². The molecule has 282 valence electrons. The predicted molar refractivity (Wildman–Crippen MR) is 192 cm³/mol. The Bertz CT molecular complexity index is 1880. The highest BCUT2D eigenvalue weighted by molar-refractivity contribution is 7.91. The zero-order valence-corrected chi connectivity index (χ0v) is 30.9. The Morgan fingerprint density at radius 1 is 1.12 bits per heavy atom. The fourth-order valence-corrected chi connectivity index (χ4v) is 8.79. The van der Waals surface area contributed by atoms with Crippen molar-refractivity contribution in [2.24, 2.45) is 17.8 Å². The maximum absolute atomic E-state index is 14.4. The molecule has 1 aromatic carbocycles. The Balaban J connectivity index is 1.36. The van der Waals surface area contributed by atoms with Gasteiger partial charge in [-0.15, -0.1) is 0 Å². The Morgan fingerprint density at radius 3 is 2.54 bits per heavy atom. The average molecular weight is 741 g/mol. The van der Waals surface area contributed by atoms with Crippen LogP contribution in [-0.2, 0) is 24.4 Å². The minimum absolute atomic E-state index is 0.00620. The number of benzene rings is 1. The monoisotopic (exact) mass is 740 g/mol. The Morgan fingerprint density at radius 2 is 1.87 bits per heavy atom. The van der Waals surface area contributed by atoms with Crippen molar-refractivity contribution >= 4 is 50.4 Å². The van der Waals surface area contributed by atoms with E-state index in [4.69, 9.17) is 14.5 Å². The lowest BCUT2D eigenvalue weighted by Crippen LogP contribution is -2.59. The maximum atomic E-state index is 14.4. The number of allylic oxidation sites excluding steroid dienone is 1. The van der Waals surface area contributed by atoms with Gasteiger partial charge in [-0.05, 0) is 80.0 Å². The van der Waals surface area contributed by atoms with Gasteiger partial charge < -0.3 is 35.0 Å². The van der Waals surface area contributed by atoms with Crippen LogP contribution in [0.2, 0.25) is 0 Å². The van der Waals surface area contributed by atoms with Gasteiger partial charge in [-0.3, -0.25) is 19.1 Å². The molecule has 2 aliphatic carbocycles. The minimum atomic E-state index is -3.91. The normalized spacial score (nSPS) is 29.5. The van der Waals surface area contributed by atoms with E-state index in [1.807, 2.05) is 63.2 Å².